The lowest BCUT2D eigenvalue weighted by Gasteiger charge is -2.20. The van der Waals surface area contributed by atoms with Crippen LogP contribution in [0.1, 0.15) is 18.4 Å². The molecular formula is C14H17NO3. The number of hydrogen-bond acceptors (Lipinski definition) is 2. The zero-order chi connectivity index (χ0) is 13.0. The summed E-state index contributed by atoms with van der Waals surface area (Å²) in [6, 6.07) is 9.54. The first-order chi connectivity index (χ1) is 8.66. The largest absolute Gasteiger partial charge is 0.481 e. The molecule has 1 fully saturated rings. The standard InChI is InChI=1S/C14H17NO3/c16-13-7-4-8-15(13)10-12(14(17)18)9-11-5-2-1-3-6-11/h1-3,5-6,12H,4,7-10H2,(H,17,18). The van der Waals surface area contributed by atoms with E-state index in [1.165, 1.54) is 0 Å². The van der Waals surface area contributed by atoms with Crippen molar-refractivity contribution in [3.63, 3.8) is 0 Å². The minimum Gasteiger partial charge on any atom is -0.481 e. The van der Waals surface area contributed by atoms with Gasteiger partial charge in [0.05, 0.1) is 5.92 Å². The molecule has 18 heavy (non-hydrogen) atoms. The van der Waals surface area contributed by atoms with Gasteiger partial charge < -0.3 is 10.0 Å². The highest BCUT2D eigenvalue weighted by Crippen LogP contribution is 2.16. The summed E-state index contributed by atoms with van der Waals surface area (Å²) in [5.41, 5.74) is 0.997. The summed E-state index contributed by atoms with van der Waals surface area (Å²) in [4.78, 5) is 24.4. The maximum absolute atomic E-state index is 11.5. The zero-order valence-corrected chi connectivity index (χ0v) is 10.2. The summed E-state index contributed by atoms with van der Waals surface area (Å²) < 4.78 is 0. The van der Waals surface area contributed by atoms with Crippen molar-refractivity contribution < 1.29 is 14.7 Å². The SMILES string of the molecule is O=C(O)C(Cc1ccccc1)CN1CCCC1=O. The molecule has 1 saturated heterocycles. The predicted molar refractivity (Wildman–Crippen MR) is 67.1 cm³/mol. The number of hydrogen-bond donors (Lipinski definition) is 1. The smallest absolute Gasteiger partial charge is 0.308 e. The first kappa shape index (κ1) is 12.6. The number of benzene rings is 1. The fraction of sp³-hybridized carbons (Fsp3) is 0.429. The maximum Gasteiger partial charge on any atom is 0.308 e. The molecule has 1 aromatic rings. The Morgan fingerprint density at radius 3 is 2.61 bits per heavy atom. The number of rotatable bonds is 5. The van der Waals surface area contributed by atoms with Gasteiger partial charge >= 0.3 is 5.97 Å². The Kier molecular flexibility index (Phi) is 3.97. The number of carboxylic acid groups (broad SMARTS) is 1. The van der Waals surface area contributed by atoms with Crippen LogP contribution in [0.2, 0.25) is 0 Å². The molecule has 0 radical (unpaired) electrons. The minimum atomic E-state index is -0.835. The molecule has 0 bridgehead atoms. The van der Waals surface area contributed by atoms with Crippen LogP contribution in [0, 0.1) is 5.92 Å². The van der Waals surface area contributed by atoms with Crippen LogP contribution in [0.4, 0.5) is 0 Å². The van der Waals surface area contributed by atoms with E-state index in [0.29, 0.717) is 25.9 Å². The predicted octanol–water partition coefficient (Wildman–Crippen LogP) is 1.55. The van der Waals surface area contributed by atoms with Crippen LogP contribution in [-0.4, -0.2) is 35.0 Å². The number of likely N-dealkylation sites (tertiary alicyclic amines) is 1. The second kappa shape index (κ2) is 5.67. The molecule has 1 unspecified atom stereocenters. The molecule has 1 atom stereocenters. The monoisotopic (exact) mass is 247 g/mol. The Hall–Kier alpha value is -1.84. The highest BCUT2D eigenvalue weighted by Gasteiger charge is 2.27. The average Bonchev–Trinajstić information content (AvgIpc) is 2.75. The van der Waals surface area contributed by atoms with Crippen LogP contribution < -0.4 is 0 Å². The van der Waals surface area contributed by atoms with Gasteiger partial charge in [-0.2, -0.15) is 0 Å². The molecule has 2 rings (SSSR count). The van der Waals surface area contributed by atoms with Gasteiger partial charge in [-0.15, -0.1) is 0 Å². The first-order valence-corrected chi connectivity index (χ1v) is 6.21. The van der Waals surface area contributed by atoms with Crippen LogP contribution in [0.5, 0.6) is 0 Å². The lowest BCUT2D eigenvalue weighted by Crippen LogP contribution is -2.35. The molecule has 1 amide bonds. The summed E-state index contributed by atoms with van der Waals surface area (Å²) in [5, 5.41) is 9.24. The summed E-state index contributed by atoms with van der Waals surface area (Å²) in [6.45, 7) is 1.01. The van der Waals surface area contributed by atoms with E-state index < -0.39 is 11.9 Å². The van der Waals surface area contributed by atoms with Gasteiger partial charge in [-0.3, -0.25) is 9.59 Å². The van der Waals surface area contributed by atoms with Crippen LogP contribution in [0.25, 0.3) is 0 Å². The number of nitrogens with zero attached hydrogens (tertiary/aromatic N) is 1. The summed E-state index contributed by atoms with van der Waals surface area (Å²) in [7, 11) is 0. The van der Waals surface area contributed by atoms with Gasteiger partial charge in [0.15, 0.2) is 0 Å². The number of carbonyl (C=O) groups is 2. The van der Waals surface area contributed by atoms with E-state index in [0.717, 1.165) is 12.0 Å². The Labute approximate surface area is 106 Å². The van der Waals surface area contributed by atoms with Crippen molar-refractivity contribution in [2.24, 2.45) is 5.92 Å². The van der Waals surface area contributed by atoms with Crippen molar-refractivity contribution in [3.8, 4) is 0 Å². The number of amides is 1. The Morgan fingerprint density at radius 1 is 1.33 bits per heavy atom. The van der Waals surface area contributed by atoms with Crippen LogP contribution in [0.3, 0.4) is 0 Å². The van der Waals surface area contributed by atoms with E-state index in [-0.39, 0.29) is 5.91 Å². The molecule has 0 saturated carbocycles. The van der Waals surface area contributed by atoms with Gasteiger partial charge in [-0.1, -0.05) is 30.3 Å². The molecule has 0 aromatic heterocycles. The highest BCUT2D eigenvalue weighted by atomic mass is 16.4. The van der Waals surface area contributed by atoms with Crippen molar-refractivity contribution in [1.82, 2.24) is 4.90 Å². The third-order valence-electron chi connectivity index (χ3n) is 3.29. The van der Waals surface area contributed by atoms with Crippen molar-refractivity contribution in [2.75, 3.05) is 13.1 Å². The van der Waals surface area contributed by atoms with Gasteiger partial charge in [-0.05, 0) is 18.4 Å². The quantitative estimate of drug-likeness (QED) is 0.859. The van der Waals surface area contributed by atoms with Crippen molar-refractivity contribution >= 4 is 11.9 Å². The minimum absolute atomic E-state index is 0.0781. The van der Waals surface area contributed by atoms with Crippen molar-refractivity contribution in [1.29, 1.82) is 0 Å². The molecule has 1 aromatic carbocycles. The second-order valence-corrected chi connectivity index (χ2v) is 4.67. The van der Waals surface area contributed by atoms with Gasteiger partial charge in [-0.25, -0.2) is 0 Å². The number of carbonyl (C=O) groups excluding carboxylic acids is 1. The zero-order valence-electron chi connectivity index (χ0n) is 10.2. The van der Waals surface area contributed by atoms with Crippen molar-refractivity contribution in [3.05, 3.63) is 35.9 Å². The Balaban J connectivity index is 2.00. The average molecular weight is 247 g/mol. The van der Waals surface area contributed by atoms with E-state index in [2.05, 4.69) is 0 Å². The maximum atomic E-state index is 11.5. The number of aliphatic carboxylic acids is 1. The lowest BCUT2D eigenvalue weighted by atomic mass is 9.99. The Morgan fingerprint density at radius 2 is 2.06 bits per heavy atom. The van der Waals surface area contributed by atoms with Crippen molar-refractivity contribution in [2.45, 2.75) is 19.3 Å². The first-order valence-electron chi connectivity index (χ1n) is 6.21. The normalized spacial score (nSPS) is 16.9. The molecular weight excluding hydrogens is 230 g/mol. The van der Waals surface area contributed by atoms with Crippen LogP contribution in [-0.2, 0) is 16.0 Å². The van der Waals surface area contributed by atoms with E-state index in [9.17, 15) is 14.7 Å². The molecule has 96 valence electrons. The molecule has 1 aliphatic heterocycles. The molecule has 1 N–H and O–H groups in total. The summed E-state index contributed by atoms with van der Waals surface area (Å²) in [6.07, 6.45) is 1.87. The lowest BCUT2D eigenvalue weighted by molar-refractivity contribution is -0.143. The van der Waals surface area contributed by atoms with Crippen LogP contribution in [0.15, 0.2) is 30.3 Å². The molecule has 4 nitrogen and oxygen atoms in total. The van der Waals surface area contributed by atoms with Gasteiger partial charge in [0.2, 0.25) is 5.91 Å². The molecule has 1 heterocycles. The van der Waals surface area contributed by atoms with Gasteiger partial charge in [0, 0.05) is 19.5 Å². The summed E-state index contributed by atoms with van der Waals surface area (Å²) in [5.74, 6) is -1.28. The fourth-order valence-electron chi connectivity index (χ4n) is 2.29. The van der Waals surface area contributed by atoms with E-state index >= 15 is 0 Å². The third-order valence-corrected chi connectivity index (χ3v) is 3.29. The third kappa shape index (κ3) is 3.09. The molecule has 4 heteroatoms. The fourth-order valence-corrected chi connectivity index (χ4v) is 2.29. The topological polar surface area (TPSA) is 57.6 Å². The Bertz CT molecular complexity index is 430. The molecule has 1 aliphatic rings. The van der Waals surface area contributed by atoms with Crippen LogP contribution >= 0.6 is 0 Å². The highest BCUT2D eigenvalue weighted by molar-refractivity contribution is 5.79. The van der Waals surface area contributed by atoms with Gasteiger partial charge in [0.25, 0.3) is 0 Å². The number of carboxylic acids is 1. The molecule has 0 spiro atoms. The second-order valence-electron chi connectivity index (χ2n) is 4.67. The van der Waals surface area contributed by atoms with Gasteiger partial charge in [0.1, 0.15) is 0 Å². The van der Waals surface area contributed by atoms with E-state index in [4.69, 9.17) is 0 Å². The van der Waals surface area contributed by atoms with E-state index in [1.807, 2.05) is 30.3 Å². The summed E-state index contributed by atoms with van der Waals surface area (Å²) >= 11 is 0. The molecule has 0 aliphatic carbocycles. The van der Waals surface area contributed by atoms with E-state index in [1.54, 1.807) is 4.90 Å².